The lowest BCUT2D eigenvalue weighted by Crippen LogP contribution is -2.30. The summed E-state index contributed by atoms with van der Waals surface area (Å²) in [5.74, 6) is 0.300. The number of hydrogen-bond acceptors (Lipinski definition) is 3. The van der Waals surface area contributed by atoms with Crippen molar-refractivity contribution in [2.24, 2.45) is 5.92 Å². The van der Waals surface area contributed by atoms with Gasteiger partial charge < -0.3 is 15.5 Å². The van der Waals surface area contributed by atoms with E-state index in [4.69, 9.17) is 0 Å². The lowest BCUT2D eigenvalue weighted by atomic mass is 9.87. The van der Waals surface area contributed by atoms with Crippen LogP contribution in [0.5, 0.6) is 0 Å². The molecule has 4 heteroatoms. The summed E-state index contributed by atoms with van der Waals surface area (Å²) in [7, 11) is 0. The first-order valence-electron chi connectivity index (χ1n) is 6.97. The molecule has 0 amide bonds. The van der Waals surface area contributed by atoms with Crippen molar-refractivity contribution in [1.29, 1.82) is 0 Å². The third-order valence-corrected chi connectivity index (χ3v) is 3.84. The maximum absolute atomic E-state index is 12.8. The van der Waals surface area contributed by atoms with Gasteiger partial charge in [-0.25, -0.2) is 4.39 Å². The highest BCUT2D eigenvalue weighted by Crippen LogP contribution is 2.23. The highest BCUT2D eigenvalue weighted by molar-refractivity contribution is 5.18. The van der Waals surface area contributed by atoms with Gasteiger partial charge in [0.05, 0.1) is 12.2 Å². The van der Waals surface area contributed by atoms with Crippen molar-refractivity contribution >= 4 is 0 Å². The van der Waals surface area contributed by atoms with Crippen LogP contribution in [0, 0.1) is 11.7 Å². The van der Waals surface area contributed by atoms with Crippen LogP contribution >= 0.6 is 0 Å². The van der Waals surface area contributed by atoms with Gasteiger partial charge in [-0.05, 0) is 55.8 Å². The average Bonchev–Trinajstić information content (AvgIpc) is 2.41. The van der Waals surface area contributed by atoms with Gasteiger partial charge in [0.1, 0.15) is 5.82 Å². The minimum absolute atomic E-state index is 0.124. The standard InChI is InChI=1S/C15H22FNO2/c16-13-5-3-12(4-6-13)15(19)10-17-9-11-1-7-14(18)8-2-11/h3-6,11,14-15,17-19H,1-2,7-10H2. The molecule has 0 bridgehead atoms. The summed E-state index contributed by atoms with van der Waals surface area (Å²) >= 11 is 0. The Kier molecular flexibility index (Phi) is 5.31. The van der Waals surface area contributed by atoms with Gasteiger partial charge in [-0.15, -0.1) is 0 Å². The Morgan fingerprint density at radius 3 is 2.42 bits per heavy atom. The minimum atomic E-state index is -0.602. The third-order valence-electron chi connectivity index (χ3n) is 3.84. The van der Waals surface area contributed by atoms with Crippen molar-refractivity contribution in [3.8, 4) is 0 Å². The average molecular weight is 267 g/mol. The van der Waals surface area contributed by atoms with Crippen LogP contribution in [0.15, 0.2) is 24.3 Å². The SMILES string of the molecule is OC1CCC(CNCC(O)c2ccc(F)cc2)CC1. The molecule has 0 saturated heterocycles. The molecule has 1 unspecified atom stereocenters. The summed E-state index contributed by atoms with van der Waals surface area (Å²) in [6.45, 7) is 1.34. The number of halogens is 1. The van der Waals surface area contributed by atoms with Crippen molar-refractivity contribution < 1.29 is 14.6 Å². The molecule has 0 aromatic heterocycles. The topological polar surface area (TPSA) is 52.5 Å². The first-order chi connectivity index (χ1) is 9.15. The smallest absolute Gasteiger partial charge is 0.123 e. The molecule has 3 nitrogen and oxygen atoms in total. The van der Waals surface area contributed by atoms with Crippen LogP contribution in [0.25, 0.3) is 0 Å². The molecule has 1 aliphatic carbocycles. The lowest BCUT2D eigenvalue weighted by Gasteiger charge is -2.26. The van der Waals surface area contributed by atoms with E-state index >= 15 is 0 Å². The second-order valence-electron chi connectivity index (χ2n) is 5.40. The Labute approximate surface area is 113 Å². The Balaban J connectivity index is 1.69. The Bertz CT molecular complexity index is 374. The zero-order valence-electron chi connectivity index (χ0n) is 11.1. The summed E-state index contributed by atoms with van der Waals surface area (Å²) in [4.78, 5) is 0. The van der Waals surface area contributed by atoms with E-state index in [0.717, 1.165) is 37.8 Å². The van der Waals surface area contributed by atoms with Crippen molar-refractivity contribution in [2.75, 3.05) is 13.1 Å². The fourth-order valence-electron chi connectivity index (χ4n) is 2.58. The molecule has 2 rings (SSSR count). The van der Waals surface area contributed by atoms with Gasteiger partial charge in [0.25, 0.3) is 0 Å². The zero-order valence-corrected chi connectivity index (χ0v) is 11.1. The summed E-state index contributed by atoms with van der Waals surface area (Å²) in [6.07, 6.45) is 3.12. The summed E-state index contributed by atoms with van der Waals surface area (Å²) in [6, 6.07) is 5.94. The first-order valence-corrected chi connectivity index (χ1v) is 6.97. The molecule has 19 heavy (non-hydrogen) atoms. The minimum Gasteiger partial charge on any atom is -0.393 e. The van der Waals surface area contributed by atoms with Gasteiger partial charge in [-0.1, -0.05) is 12.1 Å². The van der Waals surface area contributed by atoms with Crippen LogP contribution in [0.3, 0.4) is 0 Å². The zero-order chi connectivity index (χ0) is 13.7. The normalized spacial score (nSPS) is 25.2. The van der Waals surface area contributed by atoms with Crippen LogP contribution in [0.1, 0.15) is 37.4 Å². The molecule has 1 atom stereocenters. The molecule has 1 aromatic rings. The fraction of sp³-hybridized carbons (Fsp3) is 0.600. The van der Waals surface area contributed by atoms with Crippen LogP contribution in [-0.2, 0) is 0 Å². The van der Waals surface area contributed by atoms with E-state index in [2.05, 4.69) is 5.32 Å². The molecule has 1 saturated carbocycles. The lowest BCUT2D eigenvalue weighted by molar-refractivity contribution is 0.106. The molecular formula is C15H22FNO2. The van der Waals surface area contributed by atoms with Gasteiger partial charge in [0.15, 0.2) is 0 Å². The molecule has 106 valence electrons. The quantitative estimate of drug-likeness (QED) is 0.765. The van der Waals surface area contributed by atoms with E-state index in [1.807, 2.05) is 0 Å². The molecular weight excluding hydrogens is 245 g/mol. The second-order valence-corrected chi connectivity index (χ2v) is 5.40. The predicted octanol–water partition coefficient (Wildman–Crippen LogP) is 2.00. The molecule has 1 aromatic carbocycles. The van der Waals surface area contributed by atoms with E-state index in [-0.39, 0.29) is 11.9 Å². The van der Waals surface area contributed by atoms with Gasteiger partial charge in [-0.3, -0.25) is 0 Å². The van der Waals surface area contributed by atoms with Crippen molar-refractivity contribution in [3.63, 3.8) is 0 Å². The number of hydrogen-bond donors (Lipinski definition) is 3. The van der Waals surface area contributed by atoms with E-state index in [0.29, 0.717) is 12.5 Å². The Morgan fingerprint density at radius 2 is 1.79 bits per heavy atom. The van der Waals surface area contributed by atoms with Crippen molar-refractivity contribution in [2.45, 2.75) is 37.9 Å². The van der Waals surface area contributed by atoms with Crippen molar-refractivity contribution in [1.82, 2.24) is 5.32 Å². The number of nitrogens with one attached hydrogen (secondary N) is 1. The maximum atomic E-state index is 12.8. The van der Waals surface area contributed by atoms with Crippen LogP contribution in [-0.4, -0.2) is 29.4 Å². The molecule has 0 radical (unpaired) electrons. The monoisotopic (exact) mass is 267 g/mol. The van der Waals surface area contributed by atoms with Crippen LogP contribution in [0.2, 0.25) is 0 Å². The maximum Gasteiger partial charge on any atom is 0.123 e. The summed E-state index contributed by atoms with van der Waals surface area (Å²) in [5, 5.41) is 22.6. The van der Waals surface area contributed by atoms with Gasteiger partial charge in [0.2, 0.25) is 0 Å². The largest absolute Gasteiger partial charge is 0.393 e. The van der Waals surface area contributed by atoms with E-state index in [9.17, 15) is 14.6 Å². The van der Waals surface area contributed by atoms with Gasteiger partial charge in [-0.2, -0.15) is 0 Å². The van der Waals surface area contributed by atoms with E-state index in [1.165, 1.54) is 12.1 Å². The molecule has 1 aliphatic rings. The molecule has 1 fully saturated rings. The highest BCUT2D eigenvalue weighted by Gasteiger charge is 2.19. The number of benzene rings is 1. The number of aliphatic hydroxyl groups excluding tert-OH is 2. The molecule has 3 N–H and O–H groups in total. The van der Waals surface area contributed by atoms with Gasteiger partial charge >= 0.3 is 0 Å². The third kappa shape index (κ3) is 4.56. The Morgan fingerprint density at radius 1 is 1.16 bits per heavy atom. The number of aliphatic hydroxyl groups is 2. The van der Waals surface area contributed by atoms with Crippen molar-refractivity contribution in [3.05, 3.63) is 35.6 Å². The van der Waals surface area contributed by atoms with Crippen LogP contribution in [0.4, 0.5) is 4.39 Å². The first kappa shape index (κ1) is 14.4. The van der Waals surface area contributed by atoms with E-state index < -0.39 is 6.10 Å². The highest BCUT2D eigenvalue weighted by atomic mass is 19.1. The summed E-state index contributed by atoms with van der Waals surface area (Å²) in [5.41, 5.74) is 0.730. The number of rotatable bonds is 5. The van der Waals surface area contributed by atoms with Crippen LogP contribution < -0.4 is 5.32 Å². The predicted molar refractivity (Wildman–Crippen MR) is 72.2 cm³/mol. The fourth-order valence-corrected chi connectivity index (χ4v) is 2.58. The molecule has 0 heterocycles. The molecule has 0 spiro atoms. The Hall–Kier alpha value is -0.970. The molecule has 0 aliphatic heterocycles. The van der Waals surface area contributed by atoms with Gasteiger partial charge in [0, 0.05) is 6.54 Å². The second kappa shape index (κ2) is 6.98. The summed E-state index contributed by atoms with van der Waals surface area (Å²) < 4.78 is 12.8. The van der Waals surface area contributed by atoms with E-state index in [1.54, 1.807) is 12.1 Å².